The van der Waals surface area contributed by atoms with Crippen molar-refractivity contribution in [2.24, 2.45) is 5.92 Å². The molecule has 0 radical (unpaired) electrons. The van der Waals surface area contributed by atoms with E-state index in [0.29, 0.717) is 5.92 Å². The van der Waals surface area contributed by atoms with Gasteiger partial charge in [0, 0.05) is 6.54 Å². The Kier molecular flexibility index (Phi) is 5.57. The summed E-state index contributed by atoms with van der Waals surface area (Å²) < 4.78 is 0. The van der Waals surface area contributed by atoms with E-state index in [0.717, 1.165) is 13.1 Å². The molecule has 104 valence electrons. The van der Waals surface area contributed by atoms with Crippen LogP contribution in [0.5, 0.6) is 0 Å². The standard InChI is InChI=1S/C19H23N/c1-16(2)15-20-14-6-7-17-10-12-19(13-11-17)18-8-4-3-5-9-18/h3-13,16,20H,14-15H2,1-2H3. The summed E-state index contributed by atoms with van der Waals surface area (Å²) in [6, 6.07) is 19.2. The number of nitrogens with one attached hydrogen (secondary N) is 1. The monoisotopic (exact) mass is 265 g/mol. The Hall–Kier alpha value is -1.86. The normalized spacial score (nSPS) is 11.3. The molecule has 0 aliphatic carbocycles. The van der Waals surface area contributed by atoms with Crippen LogP contribution in [0, 0.1) is 5.92 Å². The second-order valence-electron chi connectivity index (χ2n) is 5.44. The maximum atomic E-state index is 3.41. The quantitative estimate of drug-likeness (QED) is 0.752. The van der Waals surface area contributed by atoms with E-state index < -0.39 is 0 Å². The van der Waals surface area contributed by atoms with Gasteiger partial charge < -0.3 is 5.32 Å². The third-order valence-electron chi connectivity index (χ3n) is 3.14. The molecule has 0 aromatic heterocycles. The van der Waals surface area contributed by atoms with Crippen molar-refractivity contribution in [3.63, 3.8) is 0 Å². The number of hydrogen-bond donors (Lipinski definition) is 1. The first-order chi connectivity index (χ1) is 9.75. The van der Waals surface area contributed by atoms with Crippen LogP contribution in [0.3, 0.4) is 0 Å². The first kappa shape index (κ1) is 14.5. The van der Waals surface area contributed by atoms with Gasteiger partial charge in [-0.15, -0.1) is 0 Å². The van der Waals surface area contributed by atoms with Gasteiger partial charge in [0.1, 0.15) is 0 Å². The summed E-state index contributed by atoms with van der Waals surface area (Å²) in [7, 11) is 0. The van der Waals surface area contributed by atoms with Gasteiger partial charge in [0.25, 0.3) is 0 Å². The van der Waals surface area contributed by atoms with E-state index in [1.807, 2.05) is 6.07 Å². The predicted octanol–water partition coefficient (Wildman–Crippen LogP) is 4.61. The molecule has 1 nitrogen and oxygen atoms in total. The summed E-state index contributed by atoms with van der Waals surface area (Å²) >= 11 is 0. The average Bonchev–Trinajstić information content (AvgIpc) is 2.48. The molecule has 0 saturated carbocycles. The van der Waals surface area contributed by atoms with E-state index in [1.54, 1.807) is 0 Å². The summed E-state index contributed by atoms with van der Waals surface area (Å²) in [4.78, 5) is 0. The Morgan fingerprint density at radius 3 is 2.20 bits per heavy atom. The summed E-state index contributed by atoms with van der Waals surface area (Å²) in [5.74, 6) is 0.702. The maximum Gasteiger partial charge on any atom is 0.0138 e. The molecule has 0 spiro atoms. The maximum absolute atomic E-state index is 3.41. The highest BCUT2D eigenvalue weighted by atomic mass is 14.8. The minimum atomic E-state index is 0.702. The topological polar surface area (TPSA) is 12.0 Å². The highest BCUT2D eigenvalue weighted by Gasteiger charge is 1.95. The fourth-order valence-corrected chi connectivity index (χ4v) is 2.07. The summed E-state index contributed by atoms with van der Waals surface area (Å²) in [5.41, 5.74) is 3.78. The Balaban J connectivity index is 1.90. The molecule has 0 amide bonds. The van der Waals surface area contributed by atoms with Crippen LogP contribution in [-0.2, 0) is 0 Å². The minimum Gasteiger partial charge on any atom is -0.313 e. The molecule has 0 aliphatic rings. The predicted molar refractivity (Wildman–Crippen MR) is 88.6 cm³/mol. The van der Waals surface area contributed by atoms with Crippen LogP contribution in [0.1, 0.15) is 19.4 Å². The van der Waals surface area contributed by atoms with Crippen LogP contribution in [0.15, 0.2) is 60.7 Å². The van der Waals surface area contributed by atoms with E-state index in [1.165, 1.54) is 16.7 Å². The third-order valence-corrected chi connectivity index (χ3v) is 3.14. The zero-order chi connectivity index (χ0) is 14.2. The van der Waals surface area contributed by atoms with Gasteiger partial charge in [0.15, 0.2) is 0 Å². The molecule has 0 bridgehead atoms. The van der Waals surface area contributed by atoms with Gasteiger partial charge in [-0.1, -0.05) is 80.6 Å². The number of rotatable bonds is 6. The van der Waals surface area contributed by atoms with Crippen molar-refractivity contribution in [1.29, 1.82) is 0 Å². The molecular weight excluding hydrogens is 242 g/mol. The fraction of sp³-hybridized carbons (Fsp3) is 0.263. The largest absolute Gasteiger partial charge is 0.313 e. The van der Waals surface area contributed by atoms with Crippen LogP contribution in [0.25, 0.3) is 17.2 Å². The van der Waals surface area contributed by atoms with Crippen LogP contribution >= 0.6 is 0 Å². The molecule has 2 rings (SSSR count). The van der Waals surface area contributed by atoms with Gasteiger partial charge in [0.05, 0.1) is 0 Å². The lowest BCUT2D eigenvalue weighted by Crippen LogP contribution is -2.19. The zero-order valence-corrected chi connectivity index (χ0v) is 12.3. The van der Waals surface area contributed by atoms with E-state index >= 15 is 0 Å². The summed E-state index contributed by atoms with van der Waals surface area (Å²) in [5, 5.41) is 3.41. The second kappa shape index (κ2) is 7.66. The average molecular weight is 265 g/mol. The van der Waals surface area contributed by atoms with Gasteiger partial charge in [-0.05, 0) is 29.2 Å². The summed E-state index contributed by atoms with van der Waals surface area (Å²) in [6.45, 7) is 6.44. The SMILES string of the molecule is CC(C)CNCC=Cc1ccc(-c2ccccc2)cc1. The molecule has 0 aliphatic heterocycles. The van der Waals surface area contributed by atoms with E-state index in [2.05, 4.69) is 79.8 Å². The van der Waals surface area contributed by atoms with Gasteiger partial charge in [-0.2, -0.15) is 0 Å². The van der Waals surface area contributed by atoms with E-state index in [-0.39, 0.29) is 0 Å². The first-order valence-corrected chi connectivity index (χ1v) is 7.28. The van der Waals surface area contributed by atoms with Crippen LogP contribution < -0.4 is 5.32 Å². The van der Waals surface area contributed by atoms with Crippen molar-refractivity contribution in [2.75, 3.05) is 13.1 Å². The van der Waals surface area contributed by atoms with Gasteiger partial charge in [-0.3, -0.25) is 0 Å². The number of benzene rings is 2. The fourth-order valence-electron chi connectivity index (χ4n) is 2.07. The van der Waals surface area contributed by atoms with Crippen LogP contribution in [-0.4, -0.2) is 13.1 Å². The van der Waals surface area contributed by atoms with Crippen molar-refractivity contribution < 1.29 is 0 Å². The van der Waals surface area contributed by atoms with Crippen molar-refractivity contribution in [3.8, 4) is 11.1 Å². The Morgan fingerprint density at radius 2 is 1.55 bits per heavy atom. The molecule has 0 saturated heterocycles. The Bertz CT molecular complexity index is 523. The molecule has 2 aromatic rings. The van der Waals surface area contributed by atoms with Gasteiger partial charge in [-0.25, -0.2) is 0 Å². The molecule has 0 atom stereocenters. The lowest BCUT2D eigenvalue weighted by atomic mass is 10.0. The molecule has 1 N–H and O–H groups in total. The van der Waals surface area contributed by atoms with E-state index in [9.17, 15) is 0 Å². The molecule has 20 heavy (non-hydrogen) atoms. The van der Waals surface area contributed by atoms with Crippen molar-refractivity contribution >= 4 is 6.08 Å². The smallest absolute Gasteiger partial charge is 0.0138 e. The third kappa shape index (κ3) is 4.67. The number of hydrogen-bond acceptors (Lipinski definition) is 1. The lowest BCUT2D eigenvalue weighted by molar-refractivity contribution is 0.577. The second-order valence-corrected chi connectivity index (χ2v) is 5.44. The van der Waals surface area contributed by atoms with Gasteiger partial charge in [0.2, 0.25) is 0 Å². The van der Waals surface area contributed by atoms with Crippen molar-refractivity contribution in [1.82, 2.24) is 5.32 Å². The molecule has 1 heteroatoms. The molecule has 0 fully saturated rings. The lowest BCUT2D eigenvalue weighted by Gasteiger charge is -2.04. The minimum absolute atomic E-state index is 0.702. The molecule has 0 unspecified atom stereocenters. The van der Waals surface area contributed by atoms with Gasteiger partial charge >= 0.3 is 0 Å². The molecular formula is C19H23N. The van der Waals surface area contributed by atoms with Crippen LogP contribution in [0.4, 0.5) is 0 Å². The zero-order valence-electron chi connectivity index (χ0n) is 12.3. The molecule has 2 aromatic carbocycles. The Morgan fingerprint density at radius 1 is 0.900 bits per heavy atom. The first-order valence-electron chi connectivity index (χ1n) is 7.28. The van der Waals surface area contributed by atoms with Crippen molar-refractivity contribution in [2.45, 2.75) is 13.8 Å². The van der Waals surface area contributed by atoms with E-state index in [4.69, 9.17) is 0 Å². The molecule has 0 heterocycles. The summed E-state index contributed by atoms with van der Waals surface area (Å²) in [6.07, 6.45) is 4.35. The van der Waals surface area contributed by atoms with Crippen molar-refractivity contribution in [3.05, 3.63) is 66.2 Å². The van der Waals surface area contributed by atoms with Crippen LogP contribution in [0.2, 0.25) is 0 Å². The Labute approximate surface area is 122 Å². The highest BCUT2D eigenvalue weighted by Crippen LogP contribution is 2.19. The highest BCUT2D eigenvalue weighted by molar-refractivity contribution is 5.65.